The summed E-state index contributed by atoms with van der Waals surface area (Å²) in [5, 5.41) is 3.08. The van der Waals surface area contributed by atoms with Gasteiger partial charge in [-0.1, -0.05) is 30.8 Å². The van der Waals surface area contributed by atoms with E-state index in [2.05, 4.69) is 31.2 Å². The Bertz CT molecular complexity index is 611. The van der Waals surface area contributed by atoms with Crippen molar-refractivity contribution in [1.29, 1.82) is 0 Å². The Balaban J connectivity index is 2.25. The van der Waals surface area contributed by atoms with Gasteiger partial charge in [0.25, 0.3) is 5.76 Å². The van der Waals surface area contributed by atoms with Gasteiger partial charge in [-0.3, -0.25) is 0 Å². The van der Waals surface area contributed by atoms with E-state index in [-0.39, 0.29) is 0 Å². The van der Waals surface area contributed by atoms with Gasteiger partial charge in [-0.25, -0.2) is 9.97 Å². The number of hydrogen-bond acceptors (Lipinski definition) is 4. The Morgan fingerprint density at radius 2 is 2.05 bits per heavy atom. The molecule has 0 saturated carbocycles. The fourth-order valence-corrected chi connectivity index (χ4v) is 2.79. The van der Waals surface area contributed by atoms with Crippen molar-refractivity contribution in [2.24, 2.45) is 0 Å². The van der Waals surface area contributed by atoms with Gasteiger partial charge in [0.2, 0.25) is 0 Å². The molecule has 2 rings (SSSR count). The maximum atomic E-state index is 12.6. The Morgan fingerprint density at radius 1 is 1.29 bits per heavy atom. The molecule has 0 aliphatic heterocycles. The van der Waals surface area contributed by atoms with Crippen LogP contribution in [0.2, 0.25) is 0 Å². The third-order valence-corrected chi connectivity index (χ3v) is 3.77. The molecule has 2 aromatic rings. The molecular weight excluding hydrogens is 360 g/mol. The Kier molecular flexibility index (Phi) is 5.93. The van der Waals surface area contributed by atoms with Crippen LogP contribution in [0.4, 0.5) is 20.3 Å². The van der Waals surface area contributed by atoms with Crippen molar-refractivity contribution < 1.29 is 8.78 Å². The summed E-state index contributed by atoms with van der Waals surface area (Å²) in [5.74, 6) is -1.16. The van der Waals surface area contributed by atoms with E-state index in [9.17, 15) is 8.78 Å². The van der Waals surface area contributed by atoms with Gasteiger partial charge >= 0.3 is 0 Å². The van der Waals surface area contributed by atoms with Gasteiger partial charge in [-0.15, -0.1) is 0 Å². The molecule has 0 spiro atoms. The number of rotatable bonds is 6. The highest BCUT2D eigenvalue weighted by Gasteiger charge is 2.11. The standard InChI is InChI=1S/C14H14BrF2N3S/c1-2-5-12-19-11(15)8-13(20-12)18-9-6-3-4-7-10(9)21-14(16)17/h3-4,6-8,14H,2,5H2,1H3,(H,18,19,20). The number of nitrogens with zero attached hydrogens (tertiary/aromatic N) is 2. The fourth-order valence-electron chi connectivity index (χ4n) is 1.77. The lowest BCUT2D eigenvalue weighted by atomic mass is 10.3. The Morgan fingerprint density at radius 3 is 2.76 bits per heavy atom. The summed E-state index contributed by atoms with van der Waals surface area (Å²) in [6.07, 6.45) is 1.70. The largest absolute Gasteiger partial charge is 0.339 e. The number of para-hydroxylation sites is 1. The summed E-state index contributed by atoms with van der Waals surface area (Å²) in [4.78, 5) is 9.15. The minimum Gasteiger partial charge on any atom is -0.339 e. The first-order valence-electron chi connectivity index (χ1n) is 6.43. The molecule has 0 aliphatic rings. The van der Waals surface area contributed by atoms with Crippen LogP contribution >= 0.6 is 27.7 Å². The van der Waals surface area contributed by atoms with Crippen LogP contribution in [0.3, 0.4) is 0 Å². The van der Waals surface area contributed by atoms with E-state index in [1.54, 1.807) is 30.3 Å². The highest BCUT2D eigenvalue weighted by molar-refractivity contribution is 9.10. The van der Waals surface area contributed by atoms with E-state index in [0.717, 1.165) is 12.8 Å². The van der Waals surface area contributed by atoms with Crippen molar-refractivity contribution in [3.63, 3.8) is 0 Å². The average Bonchev–Trinajstić information content (AvgIpc) is 2.40. The second-order valence-corrected chi connectivity index (χ2v) is 6.09. The van der Waals surface area contributed by atoms with Crippen LogP contribution in [0, 0.1) is 0 Å². The highest BCUT2D eigenvalue weighted by Crippen LogP contribution is 2.33. The molecular formula is C14H14BrF2N3S. The Hall–Kier alpha value is -1.21. The van der Waals surface area contributed by atoms with Crippen molar-refractivity contribution in [2.45, 2.75) is 30.4 Å². The van der Waals surface area contributed by atoms with E-state index in [1.165, 1.54) is 0 Å². The van der Waals surface area contributed by atoms with Crippen molar-refractivity contribution in [3.05, 3.63) is 40.8 Å². The van der Waals surface area contributed by atoms with Crippen molar-refractivity contribution in [2.75, 3.05) is 5.32 Å². The zero-order valence-electron chi connectivity index (χ0n) is 11.3. The molecule has 0 bridgehead atoms. The SMILES string of the molecule is CCCc1nc(Br)cc(Nc2ccccc2SC(F)F)n1. The van der Waals surface area contributed by atoms with Crippen LogP contribution in [0.25, 0.3) is 0 Å². The number of benzene rings is 1. The molecule has 7 heteroatoms. The summed E-state index contributed by atoms with van der Waals surface area (Å²) < 4.78 is 25.8. The molecule has 0 amide bonds. The molecule has 1 aromatic carbocycles. The first-order valence-corrected chi connectivity index (χ1v) is 8.10. The van der Waals surface area contributed by atoms with Crippen LogP contribution in [0.5, 0.6) is 0 Å². The number of halogens is 3. The summed E-state index contributed by atoms with van der Waals surface area (Å²) in [6.45, 7) is 2.05. The molecule has 1 N–H and O–H groups in total. The average molecular weight is 374 g/mol. The second-order valence-electron chi connectivity index (χ2n) is 4.24. The van der Waals surface area contributed by atoms with Gasteiger partial charge in [0.1, 0.15) is 16.2 Å². The molecule has 0 radical (unpaired) electrons. The van der Waals surface area contributed by atoms with Crippen LogP contribution in [0.1, 0.15) is 19.2 Å². The van der Waals surface area contributed by atoms with E-state index < -0.39 is 5.76 Å². The van der Waals surface area contributed by atoms with Crippen LogP contribution in [-0.4, -0.2) is 15.7 Å². The van der Waals surface area contributed by atoms with Crippen LogP contribution in [0.15, 0.2) is 39.8 Å². The van der Waals surface area contributed by atoms with Crippen molar-refractivity contribution >= 4 is 39.2 Å². The van der Waals surface area contributed by atoms with E-state index in [1.807, 2.05) is 6.92 Å². The molecule has 0 atom stereocenters. The molecule has 112 valence electrons. The van der Waals surface area contributed by atoms with Gasteiger partial charge in [0.15, 0.2) is 0 Å². The lowest BCUT2D eigenvalue weighted by Crippen LogP contribution is -2.01. The van der Waals surface area contributed by atoms with Crippen LogP contribution in [-0.2, 0) is 6.42 Å². The summed E-state index contributed by atoms with van der Waals surface area (Å²) in [5.41, 5.74) is 0.607. The number of nitrogens with one attached hydrogen (secondary N) is 1. The predicted molar refractivity (Wildman–Crippen MR) is 85.3 cm³/mol. The lowest BCUT2D eigenvalue weighted by molar-refractivity contribution is 0.252. The first-order chi connectivity index (χ1) is 10.1. The van der Waals surface area contributed by atoms with Crippen molar-refractivity contribution in [3.8, 4) is 0 Å². The van der Waals surface area contributed by atoms with E-state index in [0.29, 0.717) is 38.6 Å². The molecule has 3 nitrogen and oxygen atoms in total. The van der Waals surface area contributed by atoms with Crippen molar-refractivity contribution in [1.82, 2.24) is 9.97 Å². The summed E-state index contributed by atoms with van der Waals surface area (Å²) in [7, 11) is 0. The third-order valence-electron chi connectivity index (χ3n) is 2.58. The minimum atomic E-state index is -2.46. The number of aromatic nitrogens is 2. The number of hydrogen-bond donors (Lipinski definition) is 1. The minimum absolute atomic E-state index is 0.485. The number of aryl methyl sites for hydroxylation is 1. The van der Waals surface area contributed by atoms with Gasteiger partial charge in [0.05, 0.1) is 5.69 Å². The Labute approximate surface area is 134 Å². The normalized spacial score (nSPS) is 10.9. The number of thioether (sulfide) groups is 1. The monoisotopic (exact) mass is 373 g/mol. The summed E-state index contributed by atoms with van der Waals surface area (Å²) in [6, 6.07) is 8.65. The number of alkyl halides is 2. The van der Waals surface area contributed by atoms with Crippen LogP contribution < -0.4 is 5.32 Å². The molecule has 0 saturated heterocycles. The first kappa shape index (κ1) is 16.2. The van der Waals surface area contributed by atoms with E-state index >= 15 is 0 Å². The van der Waals surface area contributed by atoms with Gasteiger partial charge in [-0.05, 0) is 34.5 Å². The molecule has 1 aromatic heterocycles. The predicted octanol–water partition coefficient (Wildman–Crippen LogP) is 5.25. The second kappa shape index (κ2) is 7.70. The number of anilines is 2. The zero-order chi connectivity index (χ0) is 15.2. The molecule has 1 heterocycles. The topological polar surface area (TPSA) is 37.8 Å². The molecule has 0 unspecified atom stereocenters. The zero-order valence-corrected chi connectivity index (χ0v) is 13.7. The van der Waals surface area contributed by atoms with E-state index in [4.69, 9.17) is 0 Å². The fraction of sp³-hybridized carbons (Fsp3) is 0.286. The molecule has 21 heavy (non-hydrogen) atoms. The summed E-state index contributed by atoms with van der Waals surface area (Å²) >= 11 is 3.85. The maximum absolute atomic E-state index is 12.6. The molecule has 0 fully saturated rings. The highest BCUT2D eigenvalue weighted by atomic mass is 79.9. The van der Waals surface area contributed by atoms with Gasteiger partial charge in [0, 0.05) is 17.4 Å². The quantitative estimate of drug-likeness (QED) is 0.554. The molecule has 0 aliphatic carbocycles. The smallest absolute Gasteiger partial charge is 0.288 e. The third kappa shape index (κ3) is 4.93. The maximum Gasteiger partial charge on any atom is 0.288 e. The van der Waals surface area contributed by atoms with Gasteiger partial charge in [-0.2, -0.15) is 8.78 Å². The lowest BCUT2D eigenvalue weighted by Gasteiger charge is -2.11. The van der Waals surface area contributed by atoms with Gasteiger partial charge < -0.3 is 5.32 Å².